The molecule has 0 amide bonds. The first-order valence-corrected chi connectivity index (χ1v) is 18.8. The van der Waals surface area contributed by atoms with Crippen LogP contribution in [0.2, 0.25) is 0 Å². The zero-order chi connectivity index (χ0) is 32.0. The molecule has 0 heterocycles. The summed E-state index contributed by atoms with van der Waals surface area (Å²) in [4.78, 5) is 23.7. The van der Waals surface area contributed by atoms with Crippen molar-refractivity contribution in [3.63, 3.8) is 0 Å². The van der Waals surface area contributed by atoms with E-state index < -0.39 is 0 Å². The number of hydrogen-bond acceptors (Lipinski definition) is 4. The van der Waals surface area contributed by atoms with Crippen molar-refractivity contribution in [2.45, 2.75) is 194 Å². The summed E-state index contributed by atoms with van der Waals surface area (Å²) in [5, 5.41) is 0. The fourth-order valence-electron chi connectivity index (χ4n) is 5.16. The molecule has 0 rings (SSSR count). The molecule has 0 aromatic rings. The van der Waals surface area contributed by atoms with Crippen LogP contribution in [0.15, 0.2) is 24.3 Å². The van der Waals surface area contributed by atoms with Crippen LogP contribution in [0.3, 0.4) is 0 Å². The topological polar surface area (TPSA) is 52.6 Å². The molecule has 0 unspecified atom stereocenters. The number of carbonyl (C=O) groups excluding carboxylic acids is 2. The molecule has 0 fully saturated rings. The highest BCUT2D eigenvalue weighted by Crippen LogP contribution is 2.12. The molecule has 0 spiro atoms. The van der Waals surface area contributed by atoms with Crippen LogP contribution in [-0.2, 0) is 19.1 Å². The third-order valence-electron chi connectivity index (χ3n) is 8.02. The molecule has 0 bridgehead atoms. The molecule has 0 aliphatic heterocycles. The van der Waals surface area contributed by atoms with E-state index in [-0.39, 0.29) is 25.2 Å². The fraction of sp³-hybridized carbons (Fsp3) is 0.800. The molecule has 0 saturated carbocycles. The highest BCUT2D eigenvalue weighted by Gasteiger charge is 2.02. The molecular weight excluding hydrogens is 544 g/mol. The van der Waals surface area contributed by atoms with Crippen molar-refractivity contribution >= 4 is 11.9 Å². The number of carbonyl (C=O) groups is 2. The molecule has 0 saturated heterocycles. The highest BCUT2D eigenvalue weighted by atomic mass is 16.5. The second-order valence-corrected chi connectivity index (χ2v) is 12.3. The molecule has 0 N–H and O–H groups in total. The summed E-state index contributed by atoms with van der Waals surface area (Å²) < 4.78 is 10.3. The minimum atomic E-state index is -0.196. The van der Waals surface area contributed by atoms with Crippen molar-refractivity contribution in [3.05, 3.63) is 24.3 Å². The van der Waals surface area contributed by atoms with Gasteiger partial charge < -0.3 is 9.47 Å². The van der Waals surface area contributed by atoms with Gasteiger partial charge in [0.25, 0.3) is 0 Å². The molecule has 4 nitrogen and oxygen atoms in total. The van der Waals surface area contributed by atoms with Gasteiger partial charge in [-0.2, -0.15) is 0 Å². The lowest BCUT2D eigenvalue weighted by atomic mass is 10.1. The van der Waals surface area contributed by atoms with Gasteiger partial charge in [0, 0.05) is 12.8 Å². The lowest BCUT2D eigenvalue weighted by Crippen LogP contribution is -2.06. The third-order valence-corrected chi connectivity index (χ3v) is 8.02. The van der Waals surface area contributed by atoms with Crippen molar-refractivity contribution in [2.75, 3.05) is 13.2 Å². The Morgan fingerprint density at radius 2 is 0.682 bits per heavy atom. The molecule has 0 aromatic heterocycles. The summed E-state index contributed by atoms with van der Waals surface area (Å²) >= 11 is 0. The second-order valence-electron chi connectivity index (χ2n) is 12.3. The van der Waals surface area contributed by atoms with Crippen molar-refractivity contribution in [3.8, 4) is 11.8 Å². The maximum Gasteiger partial charge on any atom is 0.306 e. The van der Waals surface area contributed by atoms with Crippen molar-refractivity contribution in [1.82, 2.24) is 0 Å². The van der Waals surface area contributed by atoms with Gasteiger partial charge in [0.15, 0.2) is 13.2 Å². The van der Waals surface area contributed by atoms with Crippen LogP contribution < -0.4 is 0 Å². The van der Waals surface area contributed by atoms with E-state index in [0.29, 0.717) is 12.8 Å². The molecule has 4 heteroatoms. The van der Waals surface area contributed by atoms with Crippen molar-refractivity contribution in [1.29, 1.82) is 0 Å². The standard InChI is InChI=1S/C40H70O4/c1-3-5-7-9-11-13-15-17-19-21-23-25-27-29-31-35-39(41)43-37-33-34-38-44-40(42)36-32-30-28-26-24-22-20-18-16-14-12-10-8-6-4-2/h17-20H,3-16,21-32,35-38H2,1-2H3/b19-17-,20-18-. The van der Waals surface area contributed by atoms with E-state index in [1.54, 1.807) is 0 Å². The average Bonchev–Trinajstić information content (AvgIpc) is 3.02. The second kappa shape index (κ2) is 37.2. The lowest BCUT2D eigenvalue weighted by molar-refractivity contribution is -0.143. The van der Waals surface area contributed by atoms with Gasteiger partial charge in [-0.1, -0.05) is 153 Å². The fourth-order valence-corrected chi connectivity index (χ4v) is 5.16. The Hall–Kier alpha value is -2.02. The Kier molecular flexibility index (Phi) is 35.5. The number of allylic oxidation sites excluding steroid dienone is 4. The molecule has 0 aliphatic rings. The normalized spacial score (nSPS) is 11.2. The summed E-state index contributed by atoms with van der Waals surface area (Å²) in [6.07, 6.45) is 42.5. The number of unbranched alkanes of at least 4 members (excludes halogenated alkanes) is 22. The first kappa shape index (κ1) is 42.0. The lowest BCUT2D eigenvalue weighted by Gasteiger charge is -2.02. The van der Waals surface area contributed by atoms with E-state index in [9.17, 15) is 9.59 Å². The average molecular weight is 615 g/mol. The summed E-state index contributed by atoms with van der Waals surface area (Å²) in [5.74, 6) is 5.14. The van der Waals surface area contributed by atoms with Crippen LogP contribution >= 0.6 is 0 Å². The van der Waals surface area contributed by atoms with Crippen LogP contribution in [-0.4, -0.2) is 25.2 Å². The zero-order valence-corrected chi connectivity index (χ0v) is 29.2. The largest absolute Gasteiger partial charge is 0.452 e. The number of ether oxygens (including phenoxy) is 2. The molecule has 0 aromatic carbocycles. The van der Waals surface area contributed by atoms with Gasteiger partial charge in [0.05, 0.1) is 0 Å². The molecule has 254 valence electrons. The van der Waals surface area contributed by atoms with E-state index in [1.807, 2.05) is 0 Å². The van der Waals surface area contributed by atoms with Gasteiger partial charge in [-0.05, 0) is 64.2 Å². The van der Waals surface area contributed by atoms with E-state index in [1.165, 1.54) is 141 Å². The van der Waals surface area contributed by atoms with Crippen LogP contribution in [0.4, 0.5) is 0 Å². The quantitative estimate of drug-likeness (QED) is 0.0327. The van der Waals surface area contributed by atoms with E-state index >= 15 is 0 Å². The van der Waals surface area contributed by atoms with E-state index in [0.717, 1.165) is 25.7 Å². The first-order chi connectivity index (χ1) is 21.7. The summed E-state index contributed by atoms with van der Waals surface area (Å²) in [7, 11) is 0. The highest BCUT2D eigenvalue weighted by molar-refractivity contribution is 5.69. The first-order valence-electron chi connectivity index (χ1n) is 18.8. The Balaban J connectivity index is 3.41. The van der Waals surface area contributed by atoms with Gasteiger partial charge in [0.1, 0.15) is 0 Å². The van der Waals surface area contributed by atoms with Crippen LogP contribution in [0.25, 0.3) is 0 Å². The number of esters is 2. The van der Waals surface area contributed by atoms with Crippen LogP contribution in [0.1, 0.15) is 194 Å². The maximum atomic E-state index is 11.9. The van der Waals surface area contributed by atoms with Gasteiger partial charge in [-0.15, -0.1) is 0 Å². The summed E-state index contributed by atoms with van der Waals surface area (Å²) in [6, 6.07) is 0. The zero-order valence-electron chi connectivity index (χ0n) is 29.2. The smallest absolute Gasteiger partial charge is 0.306 e. The van der Waals surface area contributed by atoms with Gasteiger partial charge in [0.2, 0.25) is 0 Å². The summed E-state index contributed by atoms with van der Waals surface area (Å²) in [6.45, 7) is 4.66. The van der Waals surface area contributed by atoms with Crippen molar-refractivity contribution < 1.29 is 19.1 Å². The predicted octanol–water partition coefficient (Wildman–Crippen LogP) is 12.2. The van der Waals surface area contributed by atoms with Gasteiger partial charge in [-0.3, -0.25) is 9.59 Å². The minimum absolute atomic E-state index is 0.0652. The van der Waals surface area contributed by atoms with Gasteiger partial charge >= 0.3 is 11.9 Å². The predicted molar refractivity (Wildman–Crippen MR) is 189 cm³/mol. The van der Waals surface area contributed by atoms with Crippen molar-refractivity contribution in [2.24, 2.45) is 0 Å². The Labute approximate surface area is 273 Å². The maximum absolute atomic E-state index is 11.9. The molecule has 0 atom stereocenters. The molecule has 44 heavy (non-hydrogen) atoms. The number of hydrogen-bond donors (Lipinski definition) is 0. The molecular formula is C40H70O4. The Morgan fingerprint density at radius 3 is 1.00 bits per heavy atom. The Bertz CT molecular complexity index is 682. The van der Waals surface area contributed by atoms with Crippen LogP contribution in [0, 0.1) is 11.8 Å². The van der Waals surface area contributed by atoms with Crippen LogP contribution in [0.5, 0.6) is 0 Å². The molecule has 0 radical (unpaired) electrons. The summed E-state index contributed by atoms with van der Waals surface area (Å²) in [5.41, 5.74) is 0. The minimum Gasteiger partial charge on any atom is -0.452 e. The Morgan fingerprint density at radius 1 is 0.409 bits per heavy atom. The SMILES string of the molecule is CCCCCCCC/C=C\CCCCCCCC(=O)OCC#CCOC(=O)CCCCCCC/C=C\CCCCCCCC. The molecule has 0 aliphatic carbocycles. The number of rotatable bonds is 32. The van der Waals surface area contributed by atoms with E-state index in [2.05, 4.69) is 50.0 Å². The monoisotopic (exact) mass is 615 g/mol. The third kappa shape index (κ3) is 36.2. The van der Waals surface area contributed by atoms with E-state index in [4.69, 9.17) is 9.47 Å². The van der Waals surface area contributed by atoms with Gasteiger partial charge in [-0.25, -0.2) is 0 Å².